The number of carbonyl (C=O) groups is 1. The van der Waals surface area contributed by atoms with E-state index in [0.29, 0.717) is 22.4 Å². The molecule has 0 aliphatic carbocycles. The Morgan fingerprint density at radius 3 is 2.39 bits per heavy atom. The summed E-state index contributed by atoms with van der Waals surface area (Å²) in [6.45, 7) is -0.154. The van der Waals surface area contributed by atoms with E-state index in [9.17, 15) is 4.79 Å². The Hall–Kier alpha value is -4.51. The molecule has 2 heterocycles. The molecule has 11 heteroatoms. The smallest absolute Gasteiger partial charge is 0.250 e. The van der Waals surface area contributed by atoms with Crippen molar-refractivity contribution in [1.82, 2.24) is 9.97 Å². The highest BCUT2D eigenvalue weighted by atomic mass is 19.1. The van der Waals surface area contributed by atoms with Crippen molar-refractivity contribution in [3.63, 3.8) is 0 Å². The van der Waals surface area contributed by atoms with E-state index in [-0.39, 0.29) is 41.7 Å². The Morgan fingerprint density at radius 2 is 1.75 bits per heavy atom. The number of benzene rings is 2. The van der Waals surface area contributed by atoms with Gasteiger partial charge in [-0.25, -0.2) is 13.8 Å². The van der Waals surface area contributed by atoms with Crippen LogP contribution >= 0.6 is 0 Å². The number of rotatable bonds is 9. The number of primary amides is 1. The maximum atomic E-state index is 15.1. The van der Waals surface area contributed by atoms with Gasteiger partial charge in [0.2, 0.25) is 5.88 Å². The zero-order chi connectivity index (χ0) is 25.8. The zero-order valence-corrected chi connectivity index (χ0v) is 19.2. The van der Waals surface area contributed by atoms with Crippen LogP contribution in [0.2, 0.25) is 0 Å². The van der Waals surface area contributed by atoms with Crippen LogP contribution < -0.4 is 24.7 Å². The van der Waals surface area contributed by atoms with Crippen LogP contribution in [0.5, 0.6) is 28.9 Å². The minimum atomic E-state index is -1.04. The van der Waals surface area contributed by atoms with Crippen molar-refractivity contribution in [1.29, 1.82) is 0 Å². The molecule has 186 valence electrons. The molecular weight excluding hydrogens is 476 g/mol. The fourth-order valence-electron chi connectivity index (χ4n) is 3.52. The maximum absolute atomic E-state index is 15.1. The van der Waals surface area contributed by atoms with Crippen LogP contribution in [0.1, 0.15) is 10.4 Å². The van der Waals surface area contributed by atoms with E-state index in [2.05, 4.69) is 9.97 Å². The average molecular weight is 497 g/mol. The number of hydrogen-bond donors (Lipinski definition) is 2. The Morgan fingerprint density at radius 1 is 1.00 bits per heavy atom. The third kappa shape index (κ3) is 4.82. The van der Waals surface area contributed by atoms with E-state index in [0.717, 1.165) is 12.1 Å². The second kappa shape index (κ2) is 10.4. The Labute approximate surface area is 204 Å². The van der Waals surface area contributed by atoms with E-state index < -0.39 is 23.3 Å². The fraction of sp³-hybridized carbons (Fsp3) is 0.160. The van der Waals surface area contributed by atoms with Crippen molar-refractivity contribution in [2.75, 3.05) is 27.4 Å². The first-order valence-electron chi connectivity index (χ1n) is 10.6. The molecule has 0 atom stereocenters. The standard InChI is InChI=1S/C25H21F2N3O6/c1-33-20-11-15-18(12-21(20)35-8-7-31)29-6-5-19(15)36-24-16(26)9-13(10-17(24)27)23-14(25(28)32)3-4-22(30-23)34-2/h3-6,9-12,31H,7-8H2,1-2H3,(H2,28,32). The lowest BCUT2D eigenvalue weighted by Gasteiger charge is -2.15. The molecule has 1 amide bonds. The van der Waals surface area contributed by atoms with Crippen LogP contribution in [-0.4, -0.2) is 48.4 Å². The molecular formula is C25H21F2N3O6. The number of amides is 1. The Balaban J connectivity index is 1.76. The third-order valence-electron chi connectivity index (χ3n) is 5.16. The summed E-state index contributed by atoms with van der Waals surface area (Å²) in [7, 11) is 2.79. The molecule has 2 aromatic carbocycles. The number of carbonyl (C=O) groups excluding carboxylic acids is 1. The van der Waals surface area contributed by atoms with Crippen LogP contribution in [0.4, 0.5) is 8.78 Å². The molecule has 0 aliphatic rings. The number of nitrogens with zero attached hydrogens (tertiary/aromatic N) is 2. The number of halogens is 2. The number of aromatic nitrogens is 2. The molecule has 4 aromatic rings. The molecule has 9 nitrogen and oxygen atoms in total. The first kappa shape index (κ1) is 24.6. The highest BCUT2D eigenvalue weighted by molar-refractivity contribution is 5.99. The predicted molar refractivity (Wildman–Crippen MR) is 126 cm³/mol. The number of hydrogen-bond acceptors (Lipinski definition) is 8. The van der Waals surface area contributed by atoms with Gasteiger partial charge in [0, 0.05) is 29.3 Å². The Kier molecular flexibility index (Phi) is 7.11. The van der Waals surface area contributed by atoms with Gasteiger partial charge in [0.05, 0.1) is 37.6 Å². The summed E-state index contributed by atoms with van der Waals surface area (Å²) in [4.78, 5) is 20.2. The van der Waals surface area contributed by atoms with Crippen molar-refractivity contribution in [3.05, 3.63) is 65.9 Å². The van der Waals surface area contributed by atoms with Crippen LogP contribution in [0, 0.1) is 11.6 Å². The molecule has 0 spiro atoms. The van der Waals surface area contributed by atoms with Crippen molar-refractivity contribution >= 4 is 16.8 Å². The van der Waals surface area contributed by atoms with Crippen molar-refractivity contribution in [2.45, 2.75) is 0 Å². The van der Waals surface area contributed by atoms with Gasteiger partial charge in [0.15, 0.2) is 28.9 Å². The number of fused-ring (bicyclic) bond motifs is 1. The van der Waals surface area contributed by atoms with Gasteiger partial charge in [-0.2, -0.15) is 0 Å². The molecule has 0 bridgehead atoms. The maximum Gasteiger partial charge on any atom is 0.250 e. The van der Waals surface area contributed by atoms with Gasteiger partial charge >= 0.3 is 0 Å². The van der Waals surface area contributed by atoms with Gasteiger partial charge in [-0.15, -0.1) is 0 Å². The van der Waals surface area contributed by atoms with Gasteiger partial charge in [-0.05, 0) is 30.3 Å². The molecule has 3 N–H and O–H groups in total. The minimum Gasteiger partial charge on any atom is -0.493 e. The lowest BCUT2D eigenvalue weighted by molar-refractivity contribution is 0.100. The number of nitrogens with two attached hydrogens (primary N) is 1. The van der Waals surface area contributed by atoms with Gasteiger partial charge in [0.1, 0.15) is 12.4 Å². The first-order valence-corrected chi connectivity index (χ1v) is 10.6. The molecule has 0 radical (unpaired) electrons. The van der Waals surface area contributed by atoms with Crippen LogP contribution in [0.3, 0.4) is 0 Å². The molecule has 0 unspecified atom stereocenters. The Bertz CT molecular complexity index is 1420. The summed E-state index contributed by atoms with van der Waals surface area (Å²) in [6, 6.07) is 9.29. The van der Waals surface area contributed by atoms with Gasteiger partial charge < -0.3 is 29.8 Å². The van der Waals surface area contributed by atoms with E-state index in [1.54, 1.807) is 12.1 Å². The molecule has 0 saturated heterocycles. The summed E-state index contributed by atoms with van der Waals surface area (Å²) in [5, 5.41) is 9.42. The summed E-state index contributed by atoms with van der Waals surface area (Å²) in [5.41, 5.74) is 5.70. The van der Waals surface area contributed by atoms with Gasteiger partial charge in [-0.1, -0.05) is 0 Å². The highest BCUT2D eigenvalue weighted by Gasteiger charge is 2.21. The van der Waals surface area contributed by atoms with Crippen molar-refractivity contribution < 1.29 is 37.6 Å². The first-order chi connectivity index (χ1) is 17.4. The molecule has 0 saturated carbocycles. The van der Waals surface area contributed by atoms with Crippen molar-refractivity contribution in [3.8, 4) is 40.1 Å². The molecule has 0 aliphatic heterocycles. The SMILES string of the molecule is COc1ccc(C(N)=O)c(-c2cc(F)c(Oc3ccnc4cc(OCCO)c(OC)cc34)c(F)c2)n1. The van der Waals surface area contributed by atoms with Crippen LogP contribution in [-0.2, 0) is 0 Å². The monoisotopic (exact) mass is 497 g/mol. The molecule has 36 heavy (non-hydrogen) atoms. The summed E-state index contributed by atoms with van der Waals surface area (Å²) < 4.78 is 51.7. The molecule has 4 rings (SSSR count). The fourth-order valence-corrected chi connectivity index (χ4v) is 3.52. The zero-order valence-electron chi connectivity index (χ0n) is 19.2. The highest BCUT2D eigenvalue weighted by Crippen LogP contribution is 2.39. The van der Waals surface area contributed by atoms with Crippen LogP contribution in [0.25, 0.3) is 22.2 Å². The number of pyridine rings is 2. The van der Waals surface area contributed by atoms with E-state index in [1.165, 1.54) is 38.6 Å². The van der Waals surface area contributed by atoms with Gasteiger partial charge in [-0.3, -0.25) is 9.78 Å². The summed E-state index contributed by atoms with van der Waals surface area (Å²) in [6.07, 6.45) is 1.41. The molecule has 2 aromatic heterocycles. The lowest BCUT2D eigenvalue weighted by atomic mass is 10.0. The average Bonchev–Trinajstić information content (AvgIpc) is 2.88. The largest absolute Gasteiger partial charge is 0.493 e. The van der Waals surface area contributed by atoms with E-state index in [1.807, 2.05) is 0 Å². The number of aliphatic hydroxyl groups excluding tert-OH is 1. The number of aliphatic hydroxyl groups is 1. The van der Waals surface area contributed by atoms with Gasteiger partial charge in [0.25, 0.3) is 5.91 Å². The molecule has 0 fully saturated rings. The summed E-state index contributed by atoms with van der Waals surface area (Å²) >= 11 is 0. The normalized spacial score (nSPS) is 10.8. The summed E-state index contributed by atoms with van der Waals surface area (Å²) in [5.74, 6) is -2.68. The quantitative estimate of drug-likeness (QED) is 0.357. The number of methoxy groups -OCH3 is 2. The second-order valence-corrected chi connectivity index (χ2v) is 7.39. The third-order valence-corrected chi connectivity index (χ3v) is 5.16. The second-order valence-electron chi connectivity index (χ2n) is 7.39. The predicted octanol–water partition coefficient (Wildman–Crippen LogP) is 3.85. The van der Waals surface area contributed by atoms with Crippen LogP contribution in [0.15, 0.2) is 48.7 Å². The van der Waals surface area contributed by atoms with E-state index >= 15 is 8.78 Å². The number of ether oxygens (including phenoxy) is 4. The lowest BCUT2D eigenvalue weighted by Crippen LogP contribution is -2.13. The topological polar surface area (TPSA) is 126 Å². The van der Waals surface area contributed by atoms with Crippen molar-refractivity contribution in [2.24, 2.45) is 5.73 Å². The van der Waals surface area contributed by atoms with E-state index in [4.69, 9.17) is 29.8 Å². The minimum absolute atomic E-state index is 0.0306.